The molecule has 0 amide bonds. The molecule has 244 valence electrons. The Labute approximate surface area is 276 Å². The number of rotatable bonds is 10. The number of aliphatic hydroxyl groups excluding tert-OH is 2. The van der Waals surface area contributed by atoms with Crippen LogP contribution >= 0.6 is 0 Å². The first-order chi connectivity index (χ1) is 22.8. The molecule has 0 heterocycles. The average Bonchev–Trinajstić information content (AvgIpc) is 3.11. The van der Waals surface area contributed by atoms with Gasteiger partial charge in [0.05, 0.1) is 13.2 Å². The number of ether oxygens (including phenoxy) is 2. The summed E-state index contributed by atoms with van der Waals surface area (Å²) in [6, 6.07) is 34.1. The lowest BCUT2D eigenvalue weighted by Gasteiger charge is -2.39. The fourth-order valence-electron chi connectivity index (χ4n) is 7.38. The molecule has 0 bridgehead atoms. The second-order valence-corrected chi connectivity index (χ2v) is 12.7. The fourth-order valence-corrected chi connectivity index (χ4v) is 7.38. The van der Waals surface area contributed by atoms with Gasteiger partial charge in [-0.25, -0.2) is 0 Å². The second-order valence-electron chi connectivity index (χ2n) is 12.7. The molecule has 1 aliphatic rings. The summed E-state index contributed by atoms with van der Waals surface area (Å²) in [4.78, 5) is 0. The minimum absolute atomic E-state index is 0.0517. The van der Waals surface area contributed by atoms with Crippen LogP contribution in [0.25, 0.3) is 22.3 Å². The van der Waals surface area contributed by atoms with Gasteiger partial charge < -0.3 is 19.7 Å². The van der Waals surface area contributed by atoms with Gasteiger partial charge in [0.2, 0.25) is 0 Å². The Hall–Kier alpha value is -3.60. The molecule has 2 N–H and O–H groups in total. The van der Waals surface area contributed by atoms with Crippen LogP contribution in [0.3, 0.4) is 0 Å². The second kappa shape index (κ2) is 17.9. The molecule has 0 unspecified atom stereocenters. The van der Waals surface area contributed by atoms with Gasteiger partial charge >= 0.3 is 0 Å². The zero-order chi connectivity index (χ0) is 31.9. The van der Waals surface area contributed by atoms with Crippen molar-refractivity contribution >= 4 is 0 Å². The standard InChI is InChI=1S/C42H52O4/c43-30-32-45-40-36(34-20-12-10-13-21-34)24-18-26-38(40)42(28-16-8-6-4-2-1-3-5-7-9-17-29-42)39-27-19-25-37(41(39)46-33-31-44)35-22-14-11-15-23-35/h10-15,18-27,43-44H,1-9,16-17,28-33H2. The van der Waals surface area contributed by atoms with E-state index in [0.29, 0.717) is 0 Å². The predicted molar refractivity (Wildman–Crippen MR) is 190 cm³/mol. The molecule has 0 aromatic heterocycles. The van der Waals surface area contributed by atoms with Crippen LogP contribution in [-0.4, -0.2) is 36.6 Å². The van der Waals surface area contributed by atoms with Gasteiger partial charge in [-0.3, -0.25) is 0 Å². The minimum atomic E-state index is -0.394. The number of hydrogen-bond donors (Lipinski definition) is 2. The van der Waals surface area contributed by atoms with Crippen LogP contribution in [0.2, 0.25) is 0 Å². The molecule has 4 heteroatoms. The van der Waals surface area contributed by atoms with Crippen LogP contribution in [0.4, 0.5) is 0 Å². The molecule has 4 aromatic carbocycles. The van der Waals surface area contributed by atoms with Crippen LogP contribution in [0.1, 0.15) is 94.6 Å². The van der Waals surface area contributed by atoms with E-state index >= 15 is 0 Å². The van der Waals surface area contributed by atoms with Crippen LogP contribution in [0.15, 0.2) is 97.1 Å². The molecule has 5 rings (SSSR count). The van der Waals surface area contributed by atoms with Crippen molar-refractivity contribution in [3.63, 3.8) is 0 Å². The molecule has 0 spiro atoms. The van der Waals surface area contributed by atoms with E-state index < -0.39 is 5.41 Å². The normalized spacial score (nSPS) is 16.3. The van der Waals surface area contributed by atoms with E-state index in [1.54, 1.807) is 0 Å². The van der Waals surface area contributed by atoms with Gasteiger partial charge in [-0.2, -0.15) is 0 Å². The molecule has 0 radical (unpaired) electrons. The van der Waals surface area contributed by atoms with Crippen LogP contribution in [0.5, 0.6) is 11.5 Å². The fraction of sp³-hybridized carbons (Fsp3) is 0.429. The first-order valence-electron chi connectivity index (χ1n) is 17.6. The zero-order valence-electron chi connectivity index (χ0n) is 27.5. The summed E-state index contributed by atoms with van der Waals surface area (Å²) < 4.78 is 13.2. The van der Waals surface area contributed by atoms with Gasteiger partial charge in [0, 0.05) is 27.7 Å². The van der Waals surface area contributed by atoms with Crippen molar-refractivity contribution in [1.29, 1.82) is 0 Å². The van der Waals surface area contributed by atoms with E-state index in [1.165, 1.54) is 57.8 Å². The zero-order valence-corrected chi connectivity index (χ0v) is 27.5. The Morgan fingerprint density at radius 2 is 0.804 bits per heavy atom. The molecule has 0 aliphatic heterocycles. The topological polar surface area (TPSA) is 58.9 Å². The van der Waals surface area contributed by atoms with Gasteiger partial charge in [-0.15, -0.1) is 0 Å². The van der Waals surface area contributed by atoms with Gasteiger partial charge in [-0.05, 0) is 24.0 Å². The first-order valence-corrected chi connectivity index (χ1v) is 17.6. The quantitative estimate of drug-likeness (QED) is 0.185. The summed E-state index contributed by atoms with van der Waals surface area (Å²) in [6.07, 6.45) is 15.7. The molecule has 0 saturated heterocycles. The molecule has 1 aliphatic carbocycles. The monoisotopic (exact) mass is 620 g/mol. The Kier molecular flexibility index (Phi) is 13.2. The van der Waals surface area contributed by atoms with Crippen molar-refractivity contribution < 1.29 is 19.7 Å². The molecular formula is C42H52O4. The van der Waals surface area contributed by atoms with Gasteiger partial charge in [0.25, 0.3) is 0 Å². The molecular weight excluding hydrogens is 568 g/mol. The highest BCUT2D eigenvalue weighted by Crippen LogP contribution is 2.52. The van der Waals surface area contributed by atoms with Crippen molar-refractivity contribution in [2.24, 2.45) is 0 Å². The summed E-state index contributed by atoms with van der Waals surface area (Å²) >= 11 is 0. The van der Waals surface area contributed by atoms with Crippen LogP contribution in [-0.2, 0) is 5.41 Å². The summed E-state index contributed by atoms with van der Waals surface area (Å²) in [6.45, 7) is 0.351. The first kappa shape index (κ1) is 33.8. The summed E-state index contributed by atoms with van der Waals surface area (Å²) in [5, 5.41) is 19.9. The average molecular weight is 621 g/mol. The summed E-state index contributed by atoms with van der Waals surface area (Å²) in [7, 11) is 0. The third-order valence-corrected chi connectivity index (χ3v) is 9.61. The SMILES string of the molecule is OCCOc1c(-c2ccccc2)cccc1C1(c2cccc(-c3ccccc3)c2OCCO)CCCCCCCCCCCCC1. The van der Waals surface area contributed by atoms with E-state index in [9.17, 15) is 10.2 Å². The van der Waals surface area contributed by atoms with Gasteiger partial charge in [0.15, 0.2) is 0 Å². The Morgan fingerprint density at radius 1 is 0.435 bits per heavy atom. The maximum absolute atomic E-state index is 9.96. The molecule has 1 fully saturated rings. The van der Waals surface area contributed by atoms with E-state index in [1.807, 2.05) is 12.1 Å². The van der Waals surface area contributed by atoms with Gasteiger partial charge in [-0.1, -0.05) is 168 Å². The Morgan fingerprint density at radius 3 is 1.17 bits per heavy atom. The van der Waals surface area contributed by atoms with Gasteiger partial charge in [0.1, 0.15) is 24.7 Å². The lowest BCUT2D eigenvalue weighted by molar-refractivity contribution is 0.194. The highest BCUT2D eigenvalue weighted by atomic mass is 16.5. The Balaban J connectivity index is 1.76. The smallest absolute Gasteiger partial charge is 0.131 e. The van der Waals surface area contributed by atoms with Crippen molar-refractivity contribution in [3.05, 3.63) is 108 Å². The third kappa shape index (κ3) is 8.40. The van der Waals surface area contributed by atoms with E-state index in [-0.39, 0.29) is 26.4 Å². The maximum Gasteiger partial charge on any atom is 0.131 e. The number of aliphatic hydroxyl groups is 2. The largest absolute Gasteiger partial charge is 0.490 e. The van der Waals surface area contributed by atoms with Crippen molar-refractivity contribution in [1.82, 2.24) is 0 Å². The van der Waals surface area contributed by atoms with E-state index in [0.717, 1.165) is 70.6 Å². The van der Waals surface area contributed by atoms with Crippen LogP contribution < -0.4 is 9.47 Å². The highest BCUT2D eigenvalue weighted by molar-refractivity contribution is 5.77. The molecule has 1 saturated carbocycles. The van der Waals surface area contributed by atoms with E-state index in [4.69, 9.17) is 9.47 Å². The number of hydrogen-bond acceptors (Lipinski definition) is 4. The molecule has 4 aromatic rings. The Bertz CT molecular complexity index is 1340. The summed E-state index contributed by atoms with van der Waals surface area (Å²) in [5.41, 5.74) is 6.22. The number of para-hydroxylation sites is 2. The lowest BCUT2D eigenvalue weighted by Crippen LogP contribution is -2.30. The molecule has 0 atom stereocenters. The van der Waals surface area contributed by atoms with Crippen LogP contribution in [0, 0.1) is 0 Å². The summed E-state index contributed by atoms with van der Waals surface area (Å²) in [5.74, 6) is 1.70. The predicted octanol–water partition coefficient (Wildman–Crippen LogP) is 10.1. The third-order valence-electron chi connectivity index (χ3n) is 9.61. The number of benzene rings is 4. The van der Waals surface area contributed by atoms with Crippen molar-refractivity contribution in [2.45, 2.75) is 88.9 Å². The lowest BCUT2D eigenvalue weighted by atomic mass is 9.66. The van der Waals surface area contributed by atoms with Crippen molar-refractivity contribution in [2.75, 3.05) is 26.4 Å². The molecule has 4 nitrogen and oxygen atoms in total. The van der Waals surface area contributed by atoms with E-state index in [2.05, 4.69) is 84.9 Å². The minimum Gasteiger partial charge on any atom is -0.490 e. The van der Waals surface area contributed by atoms with Crippen molar-refractivity contribution in [3.8, 4) is 33.8 Å². The highest BCUT2D eigenvalue weighted by Gasteiger charge is 2.40. The molecule has 46 heavy (non-hydrogen) atoms. The maximum atomic E-state index is 9.96.